The average molecular weight is 443 g/mol. The highest BCUT2D eigenvalue weighted by Crippen LogP contribution is 2.45. The van der Waals surface area contributed by atoms with Crippen molar-refractivity contribution in [1.29, 1.82) is 0 Å². The van der Waals surface area contributed by atoms with Crippen molar-refractivity contribution in [2.24, 2.45) is 0 Å². The molecule has 0 spiro atoms. The highest BCUT2D eigenvalue weighted by molar-refractivity contribution is 9.39. The number of aliphatic hydroxyl groups excluding tert-OH is 1. The fourth-order valence-electron chi connectivity index (χ4n) is 1.45. The SMILES string of the molecule is [O-]c1c[n+](-c2ccccc2C(O)C(Br)(Br)Br)no1. The van der Waals surface area contributed by atoms with Gasteiger partial charge in [0, 0.05) is 6.07 Å². The molecule has 2 rings (SSSR count). The number of aliphatic hydroxyl groups is 1. The molecule has 1 unspecified atom stereocenters. The molecule has 1 aromatic carbocycles. The summed E-state index contributed by atoms with van der Waals surface area (Å²) in [5.74, 6) is -0.554. The summed E-state index contributed by atoms with van der Waals surface area (Å²) in [5, 5.41) is 24.8. The Bertz CT molecular complexity index is 553. The quantitative estimate of drug-likeness (QED) is 0.569. The molecule has 0 radical (unpaired) electrons. The Morgan fingerprint density at radius 1 is 1.33 bits per heavy atom. The zero-order valence-electron chi connectivity index (χ0n) is 8.76. The van der Waals surface area contributed by atoms with E-state index in [1.54, 1.807) is 24.3 Å². The van der Waals surface area contributed by atoms with Gasteiger partial charge >= 0.3 is 0 Å². The second-order valence-electron chi connectivity index (χ2n) is 3.47. The number of nitrogens with zero attached hydrogens (tertiary/aromatic N) is 2. The van der Waals surface area contributed by atoms with Crippen LogP contribution in [-0.2, 0) is 0 Å². The van der Waals surface area contributed by atoms with E-state index in [1.807, 2.05) is 0 Å². The third-order valence-corrected chi connectivity index (χ3v) is 3.54. The molecule has 1 N–H and O–H groups in total. The fraction of sp³-hybridized carbons (Fsp3) is 0.200. The zero-order chi connectivity index (χ0) is 13.3. The number of hydrogen-bond donors (Lipinski definition) is 1. The molecule has 0 aliphatic heterocycles. The molecule has 0 bridgehead atoms. The van der Waals surface area contributed by atoms with Crippen LogP contribution in [0, 0.1) is 0 Å². The minimum atomic E-state index is -0.909. The van der Waals surface area contributed by atoms with E-state index in [0.29, 0.717) is 11.3 Å². The maximum absolute atomic E-state index is 11.0. The van der Waals surface area contributed by atoms with Crippen LogP contribution in [0.2, 0.25) is 0 Å². The van der Waals surface area contributed by atoms with Crippen LogP contribution in [0.4, 0.5) is 0 Å². The molecule has 0 fully saturated rings. The summed E-state index contributed by atoms with van der Waals surface area (Å²) in [6, 6.07) is 7.00. The average Bonchev–Trinajstić information content (AvgIpc) is 2.73. The lowest BCUT2D eigenvalue weighted by molar-refractivity contribution is -0.671. The summed E-state index contributed by atoms with van der Waals surface area (Å²) in [6.45, 7) is 0. The summed E-state index contributed by atoms with van der Waals surface area (Å²) in [7, 11) is 0. The Labute approximate surface area is 128 Å². The van der Waals surface area contributed by atoms with E-state index in [2.05, 4.69) is 57.6 Å². The highest BCUT2D eigenvalue weighted by Gasteiger charge is 2.34. The Hall–Kier alpha value is -0.440. The van der Waals surface area contributed by atoms with Crippen LogP contribution >= 0.6 is 47.8 Å². The molecule has 96 valence electrons. The predicted octanol–water partition coefficient (Wildman–Crippen LogP) is 1.90. The number of alkyl halides is 3. The number of rotatable bonds is 2. The molecule has 0 saturated carbocycles. The van der Waals surface area contributed by atoms with Crippen molar-refractivity contribution >= 4 is 47.8 Å². The maximum atomic E-state index is 11.0. The van der Waals surface area contributed by atoms with Crippen molar-refractivity contribution < 1.29 is 19.4 Å². The van der Waals surface area contributed by atoms with E-state index in [0.717, 1.165) is 0 Å². The van der Waals surface area contributed by atoms with Crippen LogP contribution in [0.3, 0.4) is 0 Å². The first-order valence-electron chi connectivity index (χ1n) is 4.79. The van der Waals surface area contributed by atoms with Gasteiger partial charge in [-0.25, -0.2) is 0 Å². The monoisotopic (exact) mass is 440 g/mol. The van der Waals surface area contributed by atoms with Gasteiger partial charge in [-0.15, -0.1) is 0 Å². The summed E-state index contributed by atoms with van der Waals surface area (Å²) in [4.78, 5) is 0. The van der Waals surface area contributed by atoms with Gasteiger partial charge in [0.1, 0.15) is 12.1 Å². The Morgan fingerprint density at radius 3 is 2.56 bits per heavy atom. The molecule has 0 amide bonds. The lowest BCUT2D eigenvalue weighted by atomic mass is 10.1. The topological polar surface area (TPSA) is 73.2 Å². The van der Waals surface area contributed by atoms with Crippen molar-refractivity contribution in [3.8, 4) is 11.6 Å². The van der Waals surface area contributed by atoms with Crippen molar-refractivity contribution in [3.05, 3.63) is 36.0 Å². The molecule has 5 nitrogen and oxygen atoms in total. The summed E-state index contributed by atoms with van der Waals surface area (Å²) >= 11 is 9.78. The third kappa shape index (κ3) is 2.93. The summed E-state index contributed by atoms with van der Waals surface area (Å²) in [5.41, 5.74) is 1.13. The molecule has 8 heteroatoms. The van der Waals surface area contributed by atoms with Crippen LogP contribution in [0.5, 0.6) is 5.95 Å². The molecule has 0 aliphatic carbocycles. The van der Waals surface area contributed by atoms with Crippen molar-refractivity contribution in [1.82, 2.24) is 5.27 Å². The van der Waals surface area contributed by atoms with Crippen LogP contribution in [0.15, 0.2) is 35.0 Å². The van der Waals surface area contributed by atoms with E-state index < -0.39 is 14.2 Å². The Morgan fingerprint density at radius 2 is 2.00 bits per heavy atom. The van der Waals surface area contributed by atoms with Crippen molar-refractivity contribution in [2.75, 3.05) is 0 Å². The van der Waals surface area contributed by atoms with Gasteiger partial charge in [-0.05, 0) is 10.7 Å². The van der Waals surface area contributed by atoms with E-state index in [1.165, 1.54) is 10.9 Å². The van der Waals surface area contributed by atoms with E-state index in [9.17, 15) is 10.2 Å². The van der Waals surface area contributed by atoms with Crippen LogP contribution in [0.25, 0.3) is 5.69 Å². The van der Waals surface area contributed by atoms with Crippen molar-refractivity contribution in [2.45, 2.75) is 8.25 Å². The number of para-hydroxylation sites is 1. The van der Waals surface area contributed by atoms with E-state index in [4.69, 9.17) is 0 Å². The third-order valence-electron chi connectivity index (χ3n) is 2.23. The van der Waals surface area contributed by atoms with Crippen LogP contribution in [-0.4, -0.2) is 12.5 Å². The first-order chi connectivity index (χ1) is 8.39. The predicted molar refractivity (Wildman–Crippen MR) is 72.0 cm³/mol. The maximum Gasteiger partial charge on any atom is 0.245 e. The molecule has 2 aromatic rings. The largest absolute Gasteiger partial charge is 0.539 e. The van der Waals surface area contributed by atoms with Gasteiger partial charge in [0.25, 0.3) is 0 Å². The van der Waals surface area contributed by atoms with Gasteiger partial charge in [-0.3, -0.25) is 0 Å². The summed E-state index contributed by atoms with van der Waals surface area (Å²) in [6.07, 6.45) is 0.289. The first kappa shape index (κ1) is 14.0. The first-order valence-corrected chi connectivity index (χ1v) is 7.17. The van der Waals surface area contributed by atoms with Gasteiger partial charge in [0.05, 0.1) is 10.8 Å². The Balaban J connectivity index is 2.50. The van der Waals surface area contributed by atoms with E-state index in [-0.39, 0.29) is 0 Å². The Kier molecular flexibility index (Phi) is 4.10. The smallest absolute Gasteiger partial charge is 0.245 e. The second-order valence-corrected chi connectivity index (χ2v) is 10.4. The molecule has 0 aliphatic rings. The molecule has 1 atom stereocenters. The lowest BCUT2D eigenvalue weighted by Gasteiger charge is -2.20. The van der Waals surface area contributed by atoms with Crippen LogP contribution in [0.1, 0.15) is 11.7 Å². The van der Waals surface area contributed by atoms with E-state index >= 15 is 0 Å². The van der Waals surface area contributed by atoms with Crippen LogP contribution < -0.4 is 9.79 Å². The number of benzene rings is 1. The van der Waals surface area contributed by atoms with Gasteiger partial charge in [-0.1, -0.05) is 59.9 Å². The fourth-order valence-corrected chi connectivity index (χ4v) is 2.19. The van der Waals surface area contributed by atoms with Crippen molar-refractivity contribution in [3.63, 3.8) is 0 Å². The van der Waals surface area contributed by atoms with Gasteiger partial charge in [0.2, 0.25) is 11.9 Å². The van der Waals surface area contributed by atoms with Gasteiger partial charge in [0.15, 0.2) is 2.14 Å². The minimum absolute atomic E-state index is 0.554. The highest BCUT2D eigenvalue weighted by atomic mass is 80.0. The number of halogens is 3. The summed E-state index contributed by atoms with van der Waals surface area (Å²) < 4.78 is 4.89. The normalized spacial score (nSPS) is 13.6. The molecule has 1 heterocycles. The molecule has 18 heavy (non-hydrogen) atoms. The zero-order valence-corrected chi connectivity index (χ0v) is 13.5. The number of aromatic nitrogens is 2. The minimum Gasteiger partial charge on any atom is -0.539 e. The standard InChI is InChI=1S/C10H7Br3N2O3/c11-10(12,13)9(17)6-3-1-2-4-7(6)15-5-8(16)18-14-15/h1-5,9,17H. The second kappa shape index (κ2) is 5.28. The molecular weight excluding hydrogens is 436 g/mol. The lowest BCUT2D eigenvalue weighted by Crippen LogP contribution is -2.34. The van der Waals surface area contributed by atoms with Gasteiger partial charge < -0.3 is 14.7 Å². The molecule has 0 saturated heterocycles. The molecular formula is C10H7Br3N2O3. The molecule has 1 aromatic heterocycles. The van der Waals surface area contributed by atoms with Gasteiger partial charge in [-0.2, -0.15) is 0 Å². The number of hydrogen-bond acceptors (Lipinski definition) is 4.